The van der Waals surface area contributed by atoms with Gasteiger partial charge < -0.3 is 10.4 Å². The Bertz CT molecular complexity index is 321. The maximum atomic E-state index is 9.16. The summed E-state index contributed by atoms with van der Waals surface area (Å²) >= 11 is 0. The number of benzene rings is 1. The van der Waals surface area contributed by atoms with E-state index in [1.54, 1.807) is 0 Å². The zero-order chi connectivity index (χ0) is 10.5. The molecule has 2 N–H and O–H groups in total. The van der Waals surface area contributed by atoms with Crippen molar-refractivity contribution in [2.75, 3.05) is 13.2 Å². The van der Waals surface area contributed by atoms with Gasteiger partial charge in [-0.2, -0.15) is 0 Å². The van der Waals surface area contributed by atoms with Gasteiger partial charge in [0.05, 0.1) is 0 Å². The van der Waals surface area contributed by atoms with Crippen LogP contribution < -0.4 is 5.32 Å². The van der Waals surface area contributed by atoms with Crippen molar-refractivity contribution in [1.82, 2.24) is 5.32 Å². The van der Waals surface area contributed by atoms with Gasteiger partial charge in [0, 0.05) is 18.6 Å². The molecule has 0 aromatic heterocycles. The first-order valence-electron chi connectivity index (χ1n) is 5.47. The number of aliphatic hydroxyl groups excluding tert-OH is 1. The number of hydrogen-bond acceptors (Lipinski definition) is 2. The zero-order valence-electron chi connectivity index (χ0n) is 8.76. The normalized spacial score (nSPS) is 26.2. The van der Waals surface area contributed by atoms with E-state index < -0.39 is 0 Å². The van der Waals surface area contributed by atoms with Gasteiger partial charge in [-0.25, -0.2) is 0 Å². The molecule has 0 saturated carbocycles. The summed E-state index contributed by atoms with van der Waals surface area (Å²) in [5.74, 6) is 0.380. The highest BCUT2D eigenvalue weighted by Crippen LogP contribution is 2.16. The molecule has 1 aliphatic rings. The van der Waals surface area contributed by atoms with Gasteiger partial charge >= 0.3 is 0 Å². The van der Waals surface area contributed by atoms with Crippen molar-refractivity contribution in [3.63, 3.8) is 0 Å². The van der Waals surface area contributed by atoms with Gasteiger partial charge in [-0.1, -0.05) is 42.5 Å². The highest BCUT2D eigenvalue weighted by Gasteiger charge is 2.23. The van der Waals surface area contributed by atoms with Gasteiger partial charge in [0.25, 0.3) is 0 Å². The van der Waals surface area contributed by atoms with Gasteiger partial charge in [0.1, 0.15) is 0 Å². The Morgan fingerprint density at radius 1 is 1.33 bits per heavy atom. The molecule has 2 nitrogen and oxygen atoms in total. The van der Waals surface area contributed by atoms with Gasteiger partial charge in [-0.3, -0.25) is 0 Å². The van der Waals surface area contributed by atoms with Crippen molar-refractivity contribution in [2.24, 2.45) is 5.92 Å². The molecular formula is C13H17NO. The van der Waals surface area contributed by atoms with Gasteiger partial charge in [-0.05, 0) is 18.5 Å². The van der Waals surface area contributed by atoms with E-state index in [4.69, 9.17) is 5.11 Å². The fourth-order valence-corrected chi connectivity index (χ4v) is 1.99. The van der Waals surface area contributed by atoms with E-state index in [2.05, 4.69) is 29.6 Å². The molecule has 0 aliphatic carbocycles. The fraction of sp³-hybridized carbons (Fsp3) is 0.385. The zero-order valence-corrected chi connectivity index (χ0v) is 8.76. The summed E-state index contributed by atoms with van der Waals surface area (Å²) in [6, 6.07) is 10.6. The largest absolute Gasteiger partial charge is 0.396 e. The van der Waals surface area contributed by atoms with Crippen LogP contribution in [-0.4, -0.2) is 24.3 Å². The van der Waals surface area contributed by atoms with Crippen molar-refractivity contribution in [2.45, 2.75) is 12.5 Å². The second-order valence-electron chi connectivity index (χ2n) is 3.98. The third kappa shape index (κ3) is 2.67. The summed E-state index contributed by atoms with van der Waals surface area (Å²) in [6.07, 6.45) is 5.34. The lowest BCUT2D eigenvalue weighted by atomic mass is 10.0. The molecule has 15 heavy (non-hydrogen) atoms. The van der Waals surface area contributed by atoms with E-state index in [-0.39, 0.29) is 6.61 Å². The van der Waals surface area contributed by atoms with E-state index >= 15 is 0 Å². The average molecular weight is 203 g/mol. The first-order chi connectivity index (χ1) is 7.40. The van der Waals surface area contributed by atoms with Gasteiger partial charge in [0.15, 0.2) is 0 Å². The first kappa shape index (κ1) is 10.4. The second-order valence-corrected chi connectivity index (χ2v) is 3.98. The van der Waals surface area contributed by atoms with Crippen LogP contribution in [0.4, 0.5) is 0 Å². The number of nitrogens with one attached hydrogen (secondary N) is 1. The highest BCUT2D eigenvalue weighted by atomic mass is 16.3. The van der Waals surface area contributed by atoms with E-state index in [1.165, 1.54) is 5.56 Å². The molecule has 2 atom stereocenters. The van der Waals surface area contributed by atoms with Crippen LogP contribution in [0.15, 0.2) is 36.4 Å². The van der Waals surface area contributed by atoms with Crippen molar-refractivity contribution in [3.8, 4) is 0 Å². The Morgan fingerprint density at radius 2 is 2.13 bits per heavy atom. The monoisotopic (exact) mass is 203 g/mol. The third-order valence-corrected chi connectivity index (χ3v) is 2.93. The molecule has 0 spiro atoms. The van der Waals surface area contributed by atoms with Crippen LogP contribution >= 0.6 is 0 Å². The number of aliphatic hydroxyl groups is 1. The predicted octanol–water partition coefficient (Wildman–Crippen LogP) is 1.67. The summed E-state index contributed by atoms with van der Waals surface area (Å²) in [4.78, 5) is 0. The van der Waals surface area contributed by atoms with Crippen LogP contribution in [0.25, 0.3) is 6.08 Å². The van der Waals surface area contributed by atoms with Crippen LogP contribution in [0.5, 0.6) is 0 Å². The molecule has 1 aromatic rings. The van der Waals surface area contributed by atoms with Crippen LogP contribution in [-0.2, 0) is 0 Å². The summed E-state index contributed by atoms with van der Waals surface area (Å²) in [5.41, 5.74) is 1.21. The van der Waals surface area contributed by atoms with Crippen molar-refractivity contribution < 1.29 is 5.11 Å². The van der Waals surface area contributed by atoms with Crippen LogP contribution in [0, 0.1) is 5.92 Å². The molecule has 1 heterocycles. The molecule has 0 amide bonds. The van der Waals surface area contributed by atoms with Crippen LogP contribution in [0.1, 0.15) is 12.0 Å². The van der Waals surface area contributed by atoms with Crippen molar-refractivity contribution >= 4 is 6.08 Å². The van der Waals surface area contributed by atoms with E-state index in [9.17, 15) is 0 Å². The van der Waals surface area contributed by atoms with Crippen LogP contribution in [0.3, 0.4) is 0 Å². The van der Waals surface area contributed by atoms with E-state index in [1.807, 2.05) is 18.2 Å². The molecule has 1 aromatic carbocycles. The fourth-order valence-electron chi connectivity index (χ4n) is 1.99. The minimum Gasteiger partial charge on any atom is -0.396 e. The smallest absolute Gasteiger partial charge is 0.0477 e. The van der Waals surface area contributed by atoms with Crippen molar-refractivity contribution in [3.05, 3.63) is 42.0 Å². The maximum Gasteiger partial charge on any atom is 0.0477 e. The molecule has 2 heteroatoms. The highest BCUT2D eigenvalue weighted by molar-refractivity contribution is 5.49. The van der Waals surface area contributed by atoms with E-state index in [0.717, 1.165) is 13.0 Å². The quantitative estimate of drug-likeness (QED) is 0.783. The Kier molecular flexibility index (Phi) is 3.54. The Hall–Kier alpha value is -1.12. The van der Waals surface area contributed by atoms with Crippen LogP contribution in [0.2, 0.25) is 0 Å². The minimum atomic E-state index is 0.275. The Labute approximate surface area is 90.6 Å². The average Bonchev–Trinajstić information content (AvgIpc) is 2.75. The molecule has 80 valence electrons. The Morgan fingerprint density at radius 3 is 2.87 bits per heavy atom. The number of rotatable bonds is 3. The summed E-state index contributed by atoms with van der Waals surface area (Å²) in [5, 5.41) is 12.5. The summed E-state index contributed by atoms with van der Waals surface area (Å²) in [6.45, 7) is 1.28. The molecular weight excluding hydrogens is 186 g/mol. The number of hydrogen-bond donors (Lipinski definition) is 2. The molecule has 1 aliphatic heterocycles. The lowest BCUT2D eigenvalue weighted by molar-refractivity contribution is 0.225. The molecule has 0 unspecified atom stereocenters. The molecule has 1 fully saturated rings. The van der Waals surface area contributed by atoms with Gasteiger partial charge in [0.2, 0.25) is 0 Å². The van der Waals surface area contributed by atoms with E-state index in [0.29, 0.717) is 12.0 Å². The Balaban J connectivity index is 1.99. The maximum absolute atomic E-state index is 9.16. The second kappa shape index (κ2) is 5.10. The molecule has 1 saturated heterocycles. The lowest BCUT2D eigenvalue weighted by Crippen LogP contribution is -2.26. The van der Waals surface area contributed by atoms with Crippen molar-refractivity contribution in [1.29, 1.82) is 0 Å². The first-order valence-corrected chi connectivity index (χ1v) is 5.47. The molecule has 2 rings (SSSR count). The summed E-state index contributed by atoms with van der Waals surface area (Å²) in [7, 11) is 0. The molecule has 0 radical (unpaired) electrons. The topological polar surface area (TPSA) is 32.3 Å². The third-order valence-electron chi connectivity index (χ3n) is 2.93. The van der Waals surface area contributed by atoms with Gasteiger partial charge in [-0.15, -0.1) is 0 Å². The molecule has 0 bridgehead atoms. The SMILES string of the molecule is OC[C@@H]1CCN[C@@H]1/C=C/c1ccccc1. The summed E-state index contributed by atoms with van der Waals surface area (Å²) < 4.78 is 0. The lowest BCUT2D eigenvalue weighted by Gasteiger charge is -2.12. The predicted molar refractivity (Wildman–Crippen MR) is 62.5 cm³/mol. The minimum absolute atomic E-state index is 0.275. The standard InChI is InChI=1S/C13H17NO/c15-10-12-8-9-14-13(12)7-6-11-4-2-1-3-5-11/h1-7,12-15H,8-10H2/b7-6+/t12-,13+/m0/s1.